The van der Waals surface area contributed by atoms with Crippen molar-refractivity contribution in [1.82, 2.24) is 0 Å². The summed E-state index contributed by atoms with van der Waals surface area (Å²) in [5.41, 5.74) is 6.84. The Balaban J connectivity index is 2.95. The van der Waals surface area contributed by atoms with Crippen LogP contribution in [0.5, 0.6) is 5.75 Å². The molecule has 1 rings (SSSR count). The van der Waals surface area contributed by atoms with Crippen molar-refractivity contribution in [3.05, 3.63) is 35.6 Å². The number of halogens is 3. The van der Waals surface area contributed by atoms with Gasteiger partial charge < -0.3 is 10.5 Å². The fraction of sp³-hybridized carbons (Fsp3) is 0.333. The summed E-state index contributed by atoms with van der Waals surface area (Å²) in [5, 5.41) is 0. The Morgan fingerprint density at radius 1 is 1.36 bits per heavy atom. The number of hydrogen-bond acceptors (Lipinski definition) is 1. The van der Waals surface area contributed by atoms with Crippen molar-refractivity contribution in [3.63, 3.8) is 0 Å². The molecule has 1 aromatic rings. The van der Waals surface area contributed by atoms with Gasteiger partial charge in [0.2, 0.25) is 0 Å². The van der Waals surface area contributed by atoms with Gasteiger partial charge in [-0.25, -0.2) is 0 Å². The highest BCUT2D eigenvalue weighted by atomic mass is 19.4. The summed E-state index contributed by atoms with van der Waals surface area (Å²) < 4.78 is 41.2. The maximum atomic E-state index is 12.1. The largest absolute Gasteiger partial charge is 0.663 e. The second-order valence-corrected chi connectivity index (χ2v) is 2.75. The summed E-state index contributed by atoms with van der Waals surface area (Å²) >= 11 is 0. The summed E-state index contributed by atoms with van der Waals surface area (Å²) in [6, 6.07) is 3.23. The zero-order valence-corrected chi connectivity index (χ0v) is 7.43. The van der Waals surface area contributed by atoms with E-state index in [0.29, 0.717) is 5.75 Å². The minimum atomic E-state index is -4.54. The molecule has 0 spiro atoms. The molecule has 5 heteroatoms. The van der Waals surface area contributed by atoms with E-state index >= 15 is 0 Å². The van der Waals surface area contributed by atoms with E-state index in [0.717, 1.165) is 0 Å². The van der Waals surface area contributed by atoms with Crippen LogP contribution in [0.1, 0.15) is 11.6 Å². The third kappa shape index (κ3) is 2.38. The summed E-state index contributed by atoms with van der Waals surface area (Å²) in [6.07, 6.45) is -4.54. The third-order valence-electron chi connectivity index (χ3n) is 1.75. The SMILES string of the molecule is COc1cccc([C@@H]([NH-])C(F)(F)F)c1. The van der Waals surface area contributed by atoms with Crippen molar-refractivity contribution in [2.24, 2.45) is 0 Å². The van der Waals surface area contributed by atoms with Gasteiger partial charge >= 0.3 is 6.18 Å². The van der Waals surface area contributed by atoms with Gasteiger partial charge in [0.05, 0.1) is 7.11 Å². The minimum Gasteiger partial charge on any atom is -0.663 e. The molecule has 0 radical (unpaired) electrons. The van der Waals surface area contributed by atoms with E-state index in [1.807, 2.05) is 0 Å². The first kappa shape index (κ1) is 10.8. The molecular formula is C9H9F3NO-. The first-order chi connectivity index (χ1) is 6.45. The molecule has 0 aliphatic carbocycles. The molecule has 0 saturated carbocycles. The number of methoxy groups -OCH3 is 1. The van der Waals surface area contributed by atoms with Crippen LogP contribution in [-0.2, 0) is 0 Å². The van der Waals surface area contributed by atoms with E-state index in [4.69, 9.17) is 10.5 Å². The topological polar surface area (TPSA) is 33.0 Å². The van der Waals surface area contributed by atoms with Crippen molar-refractivity contribution in [2.75, 3.05) is 7.11 Å². The molecule has 0 bridgehead atoms. The van der Waals surface area contributed by atoms with Crippen molar-refractivity contribution in [1.29, 1.82) is 0 Å². The first-order valence-corrected chi connectivity index (χ1v) is 3.87. The Bertz CT molecular complexity index is 311. The maximum Gasteiger partial charge on any atom is 0.377 e. The number of hydrogen-bond donors (Lipinski definition) is 0. The zero-order chi connectivity index (χ0) is 10.8. The monoisotopic (exact) mass is 204 g/mol. The fourth-order valence-electron chi connectivity index (χ4n) is 1.01. The summed E-state index contributed by atoms with van der Waals surface area (Å²) in [6.45, 7) is 0. The van der Waals surface area contributed by atoms with Gasteiger partial charge in [-0.05, 0) is 18.2 Å². The molecular weight excluding hydrogens is 195 g/mol. The summed E-state index contributed by atoms with van der Waals surface area (Å²) in [5.74, 6) is 0.323. The average Bonchev–Trinajstić information content (AvgIpc) is 2.15. The lowest BCUT2D eigenvalue weighted by atomic mass is 10.1. The molecule has 0 aliphatic heterocycles. The number of alkyl halides is 3. The van der Waals surface area contributed by atoms with Gasteiger partial charge in [0, 0.05) is 0 Å². The zero-order valence-electron chi connectivity index (χ0n) is 7.43. The molecule has 0 fully saturated rings. The molecule has 0 aromatic heterocycles. The molecule has 1 N–H and O–H groups in total. The van der Waals surface area contributed by atoms with Crippen molar-refractivity contribution in [2.45, 2.75) is 12.2 Å². The Kier molecular flexibility index (Phi) is 3.00. The van der Waals surface area contributed by atoms with Crippen molar-refractivity contribution >= 4 is 0 Å². The van der Waals surface area contributed by atoms with Crippen LogP contribution in [0.2, 0.25) is 0 Å². The molecule has 1 aromatic carbocycles. The van der Waals surface area contributed by atoms with Crippen LogP contribution in [-0.4, -0.2) is 13.3 Å². The summed E-state index contributed by atoms with van der Waals surface area (Å²) in [7, 11) is 1.37. The molecule has 0 saturated heterocycles. The van der Waals surface area contributed by atoms with Crippen LogP contribution in [0.25, 0.3) is 5.73 Å². The van der Waals surface area contributed by atoms with Gasteiger partial charge in [-0.2, -0.15) is 13.2 Å². The van der Waals surface area contributed by atoms with Gasteiger partial charge in [-0.3, -0.25) is 0 Å². The van der Waals surface area contributed by atoms with Gasteiger partial charge in [0.1, 0.15) is 5.75 Å². The van der Waals surface area contributed by atoms with Crippen LogP contribution in [0.3, 0.4) is 0 Å². The second kappa shape index (κ2) is 3.88. The Morgan fingerprint density at radius 2 is 2.00 bits per heavy atom. The molecule has 78 valence electrons. The average molecular weight is 204 g/mol. The third-order valence-corrected chi connectivity index (χ3v) is 1.75. The molecule has 1 atom stereocenters. The van der Waals surface area contributed by atoms with E-state index in [1.54, 1.807) is 0 Å². The first-order valence-electron chi connectivity index (χ1n) is 3.87. The molecule has 2 nitrogen and oxygen atoms in total. The highest BCUT2D eigenvalue weighted by Crippen LogP contribution is 2.35. The minimum absolute atomic E-state index is 0.114. The van der Waals surface area contributed by atoms with Crippen LogP contribution in [0.15, 0.2) is 24.3 Å². The van der Waals surface area contributed by atoms with Crippen LogP contribution in [0, 0.1) is 0 Å². The molecule has 0 heterocycles. The number of benzene rings is 1. The molecule has 0 unspecified atom stereocenters. The highest BCUT2D eigenvalue weighted by Gasteiger charge is 2.31. The van der Waals surface area contributed by atoms with Crippen LogP contribution >= 0.6 is 0 Å². The van der Waals surface area contributed by atoms with E-state index in [1.165, 1.54) is 31.4 Å². The Morgan fingerprint density at radius 3 is 2.50 bits per heavy atom. The van der Waals surface area contributed by atoms with E-state index in [-0.39, 0.29) is 5.56 Å². The van der Waals surface area contributed by atoms with Gasteiger partial charge in [-0.15, -0.1) is 0 Å². The van der Waals surface area contributed by atoms with E-state index < -0.39 is 12.2 Å². The quantitative estimate of drug-likeness (QED) is 0.727. The smallest absolute Gasteiger partial charge is 0.377 e. The summed E-state index contributed by atoms with van der Waals surface area (Å²) in [4.78, 5) is 0. The van der Waals surface area contributed by atoms with Gasteiger partial charge in [-0.1, -0.05) is 17.7 Å². The predicted molar refractivity (Wildman–Crippen MR) is 46.1 cm³/mol. The van der Waals surface area contributed by atoms with Crippen molar-refractivity contribution < 1.29 is 17.9 Å². The second-order valence-electron chi connectivity index (χ2n) is 2.75. The number of nitrogens with one attached hydrogen (secondary N) is 1. The normalized spacial score (nSPS) is 13.8. The molecule has 0 amide bonds. The molecule has 14 heavy (non-hydrogen) atoms. The van der Waals surface area contributed by atoms with E-state index in [2.05, 4.69) is 0 Å². The Hall–Kier alpha value is -1.23. The lowest BCUT2D eigenvalue weighted by molar-refractivity contribution is -0.139. The predicted octanol–water partition coefficient (Wildman–Crippen LogP) is 3.35. The van der Waals surface area contributed by atoms with Gasteiger partial charge in [0.15, 0.2) is 0 Å². The fourth-order valence-corrected chi connectivity index (χ4v) is 1.01. The lowest BCUT2D eigenvalue weighted by Gasteiger charge is -2.24. The number of ether oxygens (including phenoxy) is 1. The van der Waals surface area contributed by atoms with Gasteiger partial charge in [0.25, 0.3) is 0 Å². The van der Waals surface area contributed by atoms with Crippen molar-refractivity contribution in [3.8, 4) is 5.75 Å². The standard InChI is InChI=1S/C9H9F3NO/c1-14-7-4-2-3-6(5-7)8(13)9(10,11)12/h2-5,8,13H,1H3/q-1/t8-/m1/s1. The molecule has 0 aliphatic rings. The van der Waals surface area contributed by atoms with Crippen LogP contribution < -0.4 is 4.74 Å². The number of rotatable bonds is 2. The Labute approximate surface area is 79.5 Å². The maximum absolute atomic E-state index is 12.1. The van der Waals surface area contributed by atoms with Crippen LogP contribution in [0.4, 0.5) is 13.2 Å². The highest BCUT2D eigenvalue weighted by molar-refractivity contribution is 5.32. The lowest BCUT2D eigenvalue weighted by Crippen LogP contribution is -2.16. The van der Waals surface area contributed by atoms with E-state index in [9.17, 15) is 13.2 Å².